The lowest BCUT2D eigenvalue weighted by molar-refractivity contribution is 0.600. The molecular formula is C42H38IN9O4S5. The van der Waals surface area contributed by atoms with E-state index in [0.29, 0.717) is 9.79 Å². The summed E-state index contributed by atoms with van der Waals surface area (Å²) < 4.78 is 48.3. The maximum Gasteiger partial charge on any atom is 0.175 e. The van der Waals surface area contributed by atoms with E-state index in [0.717, 1.165) is 95.1 Å². The van der Waals surface area contributed by atoms with Gasteiger partial charge in [-0.15, -0.1) is 35.3 Å². The summed E-state index contributed by atoms with van der Waals surface area (Å²) in [7, 11) is -6.41. The third kappa shape index (κ3) is 7.13. The van der Waals surface area contributed by atoms with Crippen LogP contribution in [0.4, 0.5) is 0 Å². The summed E-state index contributed by atoms with van der Waals surface area (Å²) in [5.74, 6) is 2.81. The van der Waals surface area contributed by atoms with Crippen molar-refractivity contribution in [3.8, 4) is 34.2 Å². The average molecular weight is 1020 g/mol. The molecule has 9 heterocycles. The van der Waals surface area contributed by atoms with Crippen LogP contribution in [0, 0.1) is 24.3 Å². The van der Waals surface area contributed by atoms with E-state index in [4.69, 9.17) is 0 Å². The highest BCUT2D eigenvalue weighted by molar-refractivity contribution is 14.1. The maximum atomic E-state index is 11.8. The number of nitrogens with zero attached hydrogens (tertiary/aromatic N) is 3. The normalized spacial score (nSPS) is 14.2. The van der Waals surface area contributed by atoms with Crippen LogP contribution in [0.5, 0.6) is 0 Å². The van der Waals surface area contributed by atoms with Gasteiger partial charge in [0, 0.05) is 115 Å². The highest BCUT2D eigenvalue weighted by Crippen LogP contribution is 2.47. The van der Waals surface area contributed by atoms with Gasteiger partial charge in [-0.3, -0.25) is 15.3 Å². The molecule has 0 atom stereocenters. The molecule has 13 nitrogen and oxygen atoms in total. The van der Waals surface area contributed by atoms with Gasteiger partial charge in [0.05, 0.1) is 26.9 Å². The zero-order valence-corrected chi connectivity index (χ0v) is 39.7. The molecule has 0 amide bonds. The molecule has 6 aromatic heterocycles. The van der Waals surface area contributed by atoms with Gasteiger partial charge in [0.1, 0.15) is 17.1 Å². The van der Waals surface area contributed by atoms with Crippen LogP contribution in [0.25, 0.3) is 66.9 Å². The molecule has 3 aliphatic rings. The van der Waals surface area contributed by atoms with E-state index >= 15 is 0 Å². The van der Waals surface area contributed by atoms with E-state index < -0.39 is 19.7 Å². The van der Waals surface area contributed by atoms with Crippen LogP contribution in [0.1, 0.15) is 33.8 Å². The fraction of sp³-hybridized carbons (Fsp3) is 0.214. The third-order valence-electron chi connectivity index (χ3n) is 11.3. The Morgan fingerprint density at radius 1 is 0.541 bits per heavy atom. The van der Waals surface area contributed by atoms with Crippen molar-refractivity contribution in [3.05, 3.63) is 91.9 Å². The summed E-state index contributed by atoms with van der Waals surface area (Å²) in [4.78, 5) is 14.5. The summed E-state index contributed by atoms with van der Waals surface area (Å²) in [6.45, 7) is 6.14. The summed E-state index contributed by atoms with van der Waals surface area (Å²) in [6.07, 6.45) is 3.43. The highest BCUT2D eigenvalue weighted by atomic mass is 127. The van der Waals surface area contributed by atoms with Crippen molar-refractivity contribution in [1.82, 2.24) is 45.5 Å². The number of rotatable bonds is 2. The lowest BCUT2D eigenvalue weighted by Crippen LogP contribution is -1.96. The first-order valence-corrected chi connectivity index (χ1v) is 27.0. The summed E-state index contributed by atoms with van der Waals surface area (Å²) in [6, 6.07) is 17.0. The molecule has 0 aliphatic carbocycles. The molecule has 9 aromatic rings. The van der Waals surface area contributed by atoms with E-state index in [9.17, 15) is 16.8 Å². The topological polar surface area (TPSA) is 202 Å². The molecule has 19 heteroatoms. The highest BCUT2D eigenvalue weighted by Gasteiger charge is 2.28. The monoisotopic (exact) mass is 1020 g/mol. The van der Waals surface area contributed by atoms with Crippen molar-refractivity contribution in [1.29, 1.82) is 0 Å². The number of aryl methyl sites for hydroxylation is 3. The van der Waals surface area contributed by atoms with Crippen molar-refractivity contribution in [3.63, 3.8) is 0 Å². The molecule has 61 heavy (non-hydrogen) atoms. The number of fused-ring (bicyclic) bond motifs is 15. The van der Waals surface area contributed by atoms with E-state index in [1.54, 1.807) is 47.8 Å². The van der Waals surface area contributed by atoms with E-state index in [1.165, 1.54) is 60.0 Å². The Balaban J connectivity index is 0.000000110. The van der Waals surface area contributed by atoms with Crippen molar-refractivity contribution in [2.45, 2.75) is 63.2 Å². The van der Waals surface area contributed by atoms with Gasteiger partial charge >= 0.3 is 0 Å². The Morgan fingerprint density at radius 2 is 0.934 bits per heavy atom. The van der Waals surface area contributed by atoms with Crippen LogP contribution in [0.2, 0.25) is 0 Å². The van der Waals surface area contributed by atoms with Crippen LogP contribution < -0.4 is 0 Å². The second kappa shape index (κ2) is 15.1. The Kier molecular flexibility index (Phi) is 10.1. The summed E-state index contributed by atoms with van der Waals surface area (Å²) in [5, 5.41) is 25.6. The van der Waals surface area contributed by atoms with Crippen LogP contribution in [0.15, 0.2) is 79.1 Å². The first kappa shape index (κ1) is 40.6. The van der Waals surface area contributed by atoms with Gasteiger partial charge in [-0.2, -0.15) is 15.3 Å². The lowest BCUT2D eigenvalue weighted by atomic mass is 10.1. The number of sulfone groups is 2. The molecular weight excluding hydrogens is 982 g/mol. The molecule has 0 saturated heterocycles. The molecule has 0 spiro atoms. The number of nitrogens with one attached hydrogen (secondary N) is 6. The maximum absolute atomic E-state index is 11.8. The zero-order chi connectivity index (χ0) is 42.5. The lowest BCUT2D eigenvalue weighted by Gasteiger charge is -2.11. The predicted molar refractivity (Wildman–Crippen MR) is 254 cm³/mol. The van der Waals surface area contributed by atoms with Crippen LogP contribution in [0.3, 0.4) is 0 Å². The number of aromatic amines is 6. The quantitative estimate of drug-likeness (QED) is 0.0906. The third-order valence-corrected chi connectivity index (χ3v) is 17.6. The van der Waals surface area contributed by atoms with Crippen molar-refractivity contribution < 1.29 is 16.8 Å². The molecule has 0 bridgehead atoms. The second-order valence-corrected chi connectivity index (χ2v) is 23.7. The number of aromatic nitrogens is 9. The molecule has 0 saturated carbocycles. The van der Waals surface area contributed by atoms with E-state index in [2.05, 4.69) is 93.3 Å². The minimum atomic E-state index is -3.21. The largest absolute Gasteiger partial charge is 0.352 e. The van der Waals surface area contributed by atoms with Gasteiger partial charge in [0.25, 0.3) is 0 Å². The van der Waals surface area contributed by atoms with Gasteiger partial charge in [-0.05, 0) is 104 Å². The van der Waals surface area contributed by atoms with Crippen molar-refractivity contribution in [2.24, 2.45) is 0 Å². The molecule has 3 aliphatic heterocycles. The minimum Gasteiger partial charge on any atom is -0.352 e. The van der Waals surface area contributed by atoms with Gasteiger partial charge in [0.15, 0.2) is 19.7 Å². The van der Waals surface area contributed by atoms with Crippen molar-refractivity contribution in [2.75, 3.05) is 18.3 Å². The Bertz CT molecular complexity index is 3480. The standard InChI is InChI=1S/C15H15N3O2S2.C14H13N3O2S2.C13H10IN3S/c1-8-10-5-6-21-15-11-7-9(22(2,19)20)3-4-12(11)16-14(15)13(10)18-17-8;1-7-10-6-20-14-9-5-8(21(2,18)19)3-4-11(9)15-13(14)12(10)17-16-7;1-6-9-5-18-13-8-4-7(14)2-3-10(8)15-12(13)11(9)17-16-6/h3-4,7,16H,5-6H2,1-2H3,(H,17,18);3-5,15H,6H2,1-2H3,(H,16,17);2-4,15H,5H2,1H3,(H,16,17). The molecule has 12 rings (SSSR count). The number of hydrogen-bond acceptors (Lipinski definition) is 10. The Hall–Kier alpha value is -4.41. The molecule has 312 valence electrons. The van der Waals surface area contributed by atoms with E-state index in [1.807, 2.05) is 37.7 Å². The predicted octanol–water partition coefficient (Wildman–Crippen LogP) is 9.87. The minimum absolute atomic E-state index is 0.349. The number of hydrogen-bond donors (Lipinski definition) is 6. The SMILES string of the molecule is Cc1[nH]nc2c1CCSc1c-2[nH]c2ccc(S(C)(=O)=O)cc12.Cc1[nH]nc2c1CSc1c-2[nH]c2ccc(I)cc12.Cc1[nH]nc2c1CSc1c-2[nH]c2ccc(S(C)(=O)=O)cc12. The molecule has 3 aromatic carbocycles. The average Bonchev–Trinajstić information content (AvgIpc) is 4.07. The first-order chi connectivity index (χ1) is 29.1. The van der Waals surface area contributed by atoms with Crippen LogP contribution in [-0.2, 0) is 37.6 Å². The van der Waals surface area contributed by atoms with Gasteiger partial charge in [-0.1, -0.05) is 0 Å². The fourth-order valence-electron chi connectivity index (χ4n) is 8.02. The summed E-state index contributed by atoms with van der Waals surface area (Å²) >= 11 is 7.73. The zero-order valence-electron chi connectivity index (χ0n) is 33.4. The smallest absolute Gasteiger partial charge is 0.175 e. The Morgan fingerprint density at radius 3 is 1.39 bits per heavy atom. The van der Waals surface area contributed by atoms with Gasteiger partial charge in [-0.25, -0.2) is 16.8 Å². The number of thioether (sulfide) groups is 3. The number of benzene rings is 3. The van der Waals surface area contributed by atoms with Gasteiger partial charge < -0.3 is 15.0 Å². The van der Waals surface area contributed by atoms with Crippen LogP contribution >= 0.6 is 57.9 Å². The first-order valence-electron chi connectivity index (χ1n) is 19.2. The summed E-state index contributed by atoms with van der Waals surface area (Å²) in [5.41, 5.74) is 16.3. The Labute approximate surface area is 377 Å². The van der Waals surface area contributed by atoms with Crippen LogP contribution in [-0.4, -0.2) is 80.6 Å². The van der Waals surface area contributed by atoms with Gasteiger partial charge in [0.2, 0.25) is 0 Å². The molecule has 0 radical (unpaired) electrons. The molecule has 0 unspecified atom stereocenters. The number of H-pyrrole nitrogens is 6. The molecule has 6 N–H and O–H groups in total. The fourth-order valence-corrected chi connectivity index (χ4v) is 13.5. The second-order valence-electron chi connectivity index (χ2n) is 15.3. The number of halogens is 1. The van der Waals surface area contributed by atoms with Crippen molar-refractivity contribution >= 4 is 110 Å². The van der Waals surface area contributed by atoms with E-state index in [-0.39, 0.29) is 0 Å². The molecule has 0 fully saturated rings.